The lowest BCUT2D eigenvalue weighted by molar-refractivity contribution is -0.138. The van der Waals surface area contributed by atoms with Crippen LogP contribution in [0.25, 0.3) is 0 Å². The standard InChI is InChI=1S/C14H19NO3/c1-10-6-4-5-7-11(10)8-12(16)15-14(2,3)9-13(17)18/h4-7H,8-9H2,1-3H3,(H,15,16)(H,17,18). The Morgan fingerprint density at radius 1 is 1.28 bits per heavy atom. The van der Waals surface area contributed by atoms with Gasteiger partial charge in [0.1, 0.15) is 0 Å². The van der Waals surface area contributed by atoms with E-state index < -0.39 is 11.5 Å². The first-order chi connectivity index (χ1) is 8.30. The topological polar surface area (TPSA) is 66.4 Å². The Morgan fingerprint density at radius 3 is 2.44 bits per heavy atom. The first kappa shape index (κ1) is 14.2. The fourth-order valence-corrected chi connectivity index (χ4v) is 1.83. The van der Waals surface area contributed by atoms with Crippen molar-refractivity contribution in [1.82, 2.24) is 5.32 Å². The maximum atomic E-state index is 11.9. The van der Waals surface area contributed by atoms with Gasteiger partial charge in [-0.3, -0.25) is 9.59 Å². The summed E-state index contributed by atoms with van der Waals surface area (Å²) < 4.78 is 0. The molecular weight excluding hydrogens is 230 g/mol. The van der Waals surface area contributed by atoms with E-state index in [0.717, 1.165) is 11.1 Å². The van der Waals surface area contributed by atoms with Crippen LogP contribution in [-0.2, 0) is 16.0 Å². The molecule has 98 valence electrons. The van der Waals surface area contributed by atoms with E-state index in [0.29, 0.717) is 0 Å². The number of aryl methyl sites for hydroxylation is 1. The van der Waals surface area contributed by atoms with Crippen LogP contribution in [0.3, 0.4) is 0 Å². The second kappa shape index (κ2) is 5.67. The largest absolute Gasteiger partial charge is 0.481 e. The molecule has 1 aromatic rings. The highest BCUT2D eigenvalue weighted by molar-refractivity contribution is 5.80. The molecule has 4 nitrogen and oxygen atoms in total. The lowest BCUT2D eigenvalue weighted by Gasteiger charge is -2.24. The van der Waals surface area contributed by atoms with Crippen molar-refractivity contribution in [2.24, 2.45) is 0 Å². The fourth-order valence-electron chi connectivity index (χ4n) is 1.83. The first-order valence-corrected chi connectivity index (χ1v) is 5.87. The van der Waals surface area contributed by atoms with Gasteiger partial charge in [0.15, 0.2) is 0 Å². The van der Waals surface area contributed by atoms with E-state index in [1.807, 2.05) is 31.2 Å². The molecule has 4 heteroatoms. The number of rotatable bonds is 5. The molecule has 0 unspecified atom stereocenters. The average Bonchev–Trinajstić information content (AvgIpc) is 2.18. The lowest BCUT2D eigenvalue weighted by Crippen LogP contribution is -2.45. The zero-order chi connectivity index (χ0) is 13.8. The van der Waals surface area contributed by atoms with Gasteiger partial charge in [-0.2, -0.15) is 0 Å². The third-order valence-electron chi connectivity index (χ3n) is 2.68. The van der Waals surface area contributed by atoms with Crippen LogP contribution in [0.2, 0.25) is 0 Å². The summed E-state index contributed by atoms with van der Waals surface area (Å²) in [6.07, 6.45) is 0.183. The molecule has 0 saturated carbocycles. The minimum atomic E-state index is -0.920. The van der Waals surface area contributed by atoms with Gasteiger partial charge in [0, 0.05) is 5.54 Å². The van der Waals surface area contributed by atoms with Crippen molar-refractivity contribution < 1.29 is 14.7 Å². The number of carbonyl (C=O) groups is 2. The minimum absolute atomic E-state index is 0.0908. The molecule has 0 bridgehead atoms. The SMILES string of the molecule is Cc1ccccc1CC(=O)NC(C)(C)CC(=O)O. The van der Waals surface area contributed by atoms with Gasteiger partial charge >= 0.3 is 5.97 Å². The third-order valence-corrected chi connectivity index (χ3v) is 2.68. The summed E-state index contributed by atoms with van der Waals surface area (Å²) in [5.41, 5.74) is 1.29. The highest BCUT2D eigenvalue weighted by Gasteiger charge is 2.23. The predicted octanol–water partition coefficient (Wildman–Crippen LogP) is 1.91. The molecule has 0 atom stereocenters. The number of carboxylic acids is 1. The van der Waals surface area contributed by atoms with E-state index in [1.165, 1.54) is 0 Å². The summed E-state index contributed by atoms with van der Waals surface area (Å²) in [5.74, 6) is -1.08. The van der Waals surface area contributed by atoms with E-state index in [4.69, 9.17) is 5.11 Å². The molecule has 0 aliphatic rings. The van der Waals surface area contributed by atoms with Gasteiger partial charge in [-0.05, 0) is 31.9 Å². The Balaban J connectivity index is 2.62. The molecule has 0 aromatic heterocycles. The third kappa shape index (κ3) is 4.57. The van der Waals surface area contributed by atoms with E-state index in [-0.39, 0.29) is 18.7 Å². The zero-order valence-electron chi connectivity index (χ0n) is 11.0. The maximum absolute atomic E-state index is 11.9. The van der Waals surface area contributed by atoms with Crippen LogP contribution >= 0.6 is 0 Å². The van der Waals surface area contributed by atoms with Gasteiger partial charge in [-0.25, -0.2) is 0 Å². The van der Waals surface area contributed by atoms with Gasteiger partial charge in [0.2, 0.25) is 5.91 Å². The second-order valence-electron chi connectivity index (χ2n) is 5.11. The normalized spacial score (nSPS) is 11.1. The Bertz CT molecular complexity index is 452. The first-order valence-electron chi connectivity index (χ1n) is 5.87. The van der Waals surface area contributed by atoms with Gasteiger partial charge in [-0.15, -0.1) is 0 Å². The van der Waals surface area contributed by atoms with Crippen LogP contribution in [0.15, 0.2) is 24.3 Å². The molecule has 0 aliphatic carbocycles. The van der Waals surface area contributed by atoms with Crippen LogP contribution in [0.5, 0.6) is 0 Å². The van der Waals surface area contributed by atoms with Crippen LogP contribution in [0, 0.1) is 6.92 Å². The predicted molar refractivity (Wildman–Crippen MR) is 69.4 cm³/mol. The van der Waals surface area contributed by atoms with Crippen LogP contribution in [0.4, 0.5) is 0 Å². The number of nitrogens with one attached hydrogen (secondary N) is 1. The average molecular weight is 249 g/mol. The van der Waals surface area contributed by atoms with E-state index in [1.54, 1.807) is 13.8 Å². The second-order valence-corrected chi connectivity index (χ2v) is 5.11. The molecule has 2 N–H and O–H groups in total. The van der Waals surface area contributed by atoms with E-state index >= 15 is 0 Å². The van der Waals surface area contributed by atoms with Crippen molar-refractivity contribution in [3.63, 3.8) is 0 Å². The Morgan fingerprint density at radius 2 is 1.89 bits per heavy atom. The highest BCUT2D eigenvalue weighted by atomic mass is 16.4. The lowest BCUT2D eigenvalue weighted by atomic mass is 9.99. The van der Waals surface area contributed by atoms with Crippen molar-refractivity contribution in [2.75, 3.05) is 0 Å². The van der Waals surface area contributed by atoms with Crippen LogP contribution in [-0.4, -0.2) is 22.5 Å². The van der Waals surface area contributed by atoms with Gasteiger partial charge < -0.3 is 10.4 Å². The summed E-state index contributed by atoms with van der Waals surface area (Å²) in [5, 5.41) is 11.5. The highest BCUT2D eigenvalue weighted by Crippen LogP contribution is 2.11. The molecule has 1 aromatic carbocycles. The molecule has 0 saturated heterocycles. The van der Waals surface area contributed by atoms with Crippen LogP contribution in [0.1, 0.15) is 31.4 Å². The van der Waals surface area contributed by atoms with Gasteiger partial charge in [-0.1, -0.05) is 24.3 Å². The van der Waals surface area contributed by atoms with Crippen LogP contribution < -0.4 is 5.32 Å². The van der Waals surface area contributed by atoms with E-state index in [2.05, 4.69) is 5.32 Å². The minimum Gasteiger partial charge on any atom is -0.481 e. The van der Waals surface area contributed by atoms with Crippen molar-refractivity contribution in [1.29, 1.82) is 0 Å². The Hall–Kier alpha value is -1.84. The number of aliphatic carboxylic acids is 1. The molecule has 0 aliphatic heterocycles. The summed E-state index contributed by atoms with van der Waals surface area (Å²) in [7, 11) is 0. The number of benzene rings is 1. The number of carbonyl (C=O) groups excluding carboxylic acids is 1. The molecule has 18 heavy (non-hydrogen) atoms. The summed E-state index contributed by atoms with van der Waals surface area (Å²) in [4.78, 5) is 22.5. The number of hydrogen-bond donors (Lipinski definition) is 2. The smallest absolute Gasteiger partial charge is 0.305 e. The monoisotopic (exact) mass is 249 g/mol. The number of hydrogen-bond acceptors (Lipinski definition) is 2. The fraction of sp³-hybridized carbons (Fsp3) is 0.429. The van der Waals surface area contributed by atoms with Crippen molar-refractivity contribution in [2.45, 2.75) is 39.2 Å². The molecule has 0 heterocycles. The number of carboxylic acid groups (broad SMARTS) is 1. The molecule has 0 radical (unpaired) electrons. The van der Waals surface area contributed by atoms with Crippen molar-refractivity contribution in [3.05, 3.63) is 35.4 Å². The molecule has 0 spiro atoms. The summed E-state index contributed by atoms with van der Waals surface area (Å²) in [6, 6.07) is 7.66. The van der Waals surface area contributed by atoms with E-state index in [9.17, 15) is 9.59 Å². The zero-order valence-corrected chi connectivity index (χ0v) is 11.0. The quantitative estimate of drug-likeness (QED) is 0.837. The molecule has 1 amide bonds. The van der Waals surface area contributed by atoms with Gasteiger partial charge in [0.05, 0.1) is 12.8 Å². The summed E-state index contributed by atoms with van der Waals surface area (Å²) in [6.45, 7) is 5.36. The molecular formula is C14H19NO3. The summed E-state index contributed by atoms with van der Waals surface area (Å²) >= 11 is 0. The van der Waals surface area contributed by atoms with Gasteiger partial charge in [0.25, 0.3) is 0 Å². The Kier molecular flexibility index (Phi) is 4.48. The Labute approximate surface area is 107 Å². The van der Waals surface area contributed by atoms with Crippen molar-refractivity contribution >= 4 is 11.9 Å². The van der Waals surface area contributed by atoms with Crippen molar-refractivity contribution in [3.8, 4) is 0 Å². The molecule has 0 fully saturated rings. The maximum Gasteiger partial charge on any atom is 0.305 e. The molecule has 1 rings (SSSR count). The number of amides is 1.